The summed E-state index contributed by atoms with van der Waals surface area (Å²) in [6.07, 6.45) is 5.72. The van der Waals surface area contributed by atoms with Crippen molar-refractivity contribution in [2.75, 3.05) is 31.7 Å². The summed E-state index contributed by atoms with van der Waals surface area (Å²) < 4.78 is 4.06. The van der Waals surface area contributed by atoms with Gasteiger partial charge in [-0.15, -0.1) is 0 Å². The van der Waals surface area contributed by atoms with Crippen molar-refractivity contribution in [3.63, 3.8) is 0 Å². The lowest BCUT2D eigenvalue weighted by atomic mass is 10.1. The number of para-hydroxylation sites is 1. The summed E-state index contributed by atoms with van der Waals surface area (Å²) in [4.78, 5) is 11.3. The highest BCUT2D eigenvalue weighted by molar-refractivity contribution is 5.95. The van der Waals surface area contributed by atoms with Gasteiger partial charge >= 0.3 is 0 Å². The third-order valence-electron chi connectivity index (χ3n) is 5.61. The van der Waals surface area contributed by atoms with Crippen molar-refractivity contribution in [1.82, 2.24) is 29.2 Å². The van der Waals surface area contributed by atoms with Gasteiger partial charge in [0.15, 0.2) is 0 Å². The number of nitrogens with zero attached hydrogens (tertiary/aromatic N) is 6. The number of nitrogens with two attached hydrogens (primary N) is 1. The van der Waals surface area contributed by atoms with Crippen molar-refractivity contribution >= 4 is 39.1 Å². The fourth-order valence-electron chi connectivity index (χ4n) is 4.05. The number of hydrogen-bond donors (Lipinski definition) is 2. The molecule has 3 aromatic heterocycles. The Morgan fingerprint density at radius 2 is 1.97 bits per heavy atom. The molecule has 8 heteroatoms. The van der Waals surface area contributed by atoms with Crippen LogP contribution in [0.1, 0.15) is 0 Å². The second-order valence-corrected chi connectivity index (χ2v) is 8.24. The Hall–Kier alpha value is -3.91. The minimum atomic E-state index is 0.522. The molecule has 0 aliphatic rings. The van der Waals surface area contributed by atoms with Crippen LogP contribution in [-0.4, -0.2) is 49.9 Å². The Kier molecular flexibility index (Phi) is 4.99. The second kappa shape index (κ2) is 7.97. The molecule has 8 nitrogen and oxygen atoms in total. The first kappa shape index (κ1) is 20.0. The molecule has 2 aromatic carbocycles. The molecule has 0 saturated heterocycles. The molecule has 0 aliphatic carbocycles. The molecule has 0 bridgehead atoms. The van der Waals surface area contributed by atoms with Gasteiger partial charge in [0, 0.05) is 53.5 Å². The van der Waals surface area contributed by atoms with E-state index in [2.05, 4.69) is 43.2 Å². The van der Waals surface area contributed by atoms with Crippen LogP contribution in [0.2, 0.25) is 0 Å². The molecule has 0 unspecified atom stereocenters. The van der Waals surface area contributed by atoms with E-state index in [-0.39, 0.29) is 0 Å². The van der Waals surface area contributed by atoms with Crippen LogP contribution in [-0.2, 0) is 13.6 Å². The quantitative estimate of drug-likeness (QED) is 0.401. The number of rotatable bonds is 6. The third-order valence-corrected chi connectivity index (χ3v) is 5.61. The zero-order valence-corrected chi connectivity index (χ0v) is 18.4. The Bertz CT molecular complexity index is 1410. The summed E-state index contributed by atoms with van der Waals surface area (Å²) in [5.41, 5.74) is 11.9. The molecule has 0 aliphatic heterocycles. The van der Waals surface area contributed by atoms with Gasteiger partial charge in [-0.05, 0) is 38.4 Å². The maximum Gasteiger partial charge on any atom is 0.227 e. The average Bonchev–Trinajstić information content (AvgIpc) is 3.34. The van der Waals surface area contributed by atoms with E-state index in [1.165, 1.54) is 5.52 Å². The topological polar surface area (TPSA) is 89.8 Å². The Balaban J connectivity index is 1.46. The van der Waals surface area contributed by atoms with Crippen LogP contribution in [0.5, 0.6) is 0 Å². The first-order valence-corrected chi connectivity index (χ1v) is 10.5. The van der Waals surface area contributed by atoms with Crippen molar-refractivity contribution in [2.45, 2.75) is 6.54 Å². The van der Waals surface area contributed by atoms with Crippen molar-refractivity contribution in [3.05, 3.63) is 61.1 Å². The smallest absolute Gasteiger partial charge is 0.227 e. The molecule has 0 fully saturated rings. The first-order chi connectivity index (χ1) is 15.5. The van der Waals surface area contributed by atoms with E-state index in [9.17, 15) is 0 Å². The summed E-state index contributed by atoms with van der Waals surface area (Å²) in [5, 5.41) is 9.96. The highest BCUT2D eigenvalue weighted by Crippen LogP contribution is 2.30. The summed E-state index contributed by atoms with van der Waals surface area (Å²) in [7, 11) is 6.13. The van der Waals surface area contributed by atoms with Gasteiger partial charge in [0.2, 0.25) is 5.95 Å². The summed E-state index contributed by atoms with van der Waals surface area (Å²) in [6, 6.07) is 14.2. The monoisotopic (exact) mass is 426 g/mol. The molecular formula is C24H26N8. The van der Waals surface area contributed by atoms with Crippen molar-refractivity contribution in [1.29, 1.82) is 0 Å². The Morgan fingerprint density at radius 3 is 2.81 bits per heavy atom. The van der Waals surface area contributed by atoms with Gasteiger partial charge in [0.25, 0.3) is 0 Å². The van der Waals surface area contributed by atoms with E-state index in [0.717, 1.165) is 46.3 Å². The number of nitrogens with one attached hydrogen (secondary N) is 1. The molecule has 0 radical (unpaired) electrons. The van der Waals surface area contributed by atoms with Crippen molar-refractivity contribution < 1.29 is 0 Å². The number of benzene rings is 2. The zero-order chi connectivity index (χ0) is 22.2. The van der Waals surface area contributed by atoms with Crippen molar-refractivity contribution in [2.24, 2.45) is 7.05 Å². The molecule has 5 aromatic rings. The molecule has 162 valence electrons. The number of anilines is 3. The fraction of sp³-hybridized carbons (Fsp3) is 0.208. The van der Waals surface area contributed by atoms with E-state index in [1.54, 1.807) is 6.20 Å². The van der Waals surface area contributed by atoms with Crippen molar-refractivity contribution in [3.8, 4) is 11.3 Å². The van der Waals surface area contributed by atoms with Gasteiger partial charge in [0.1, 0.15) is 0 Å². The largest absolute Gasteiger partial charge is 0.397 e. The van der Waals surface area contributed by atoms with Crippen LogP contribution in [0, 0.1) is 0 Å². The van der Waals surface area contributed by atoms with Gasteiger partial charge in [-0.2, -0.15) is 5.10 Å². The van der Waals surface area contributed by atoms with Gasteiger partial charge in [-0.3, -0.25) is 4.68 Å². The van der Waals surface area contributed by atoms with Crippen LogP contribution in [0.4, 0.5) is 17.3 Å². The highest BCUT2D eigenvalue weighted by atomic mass is 15.3. The zero-order valence-electron chi connectivity index (χ0n) is 18.4. The van der Waals surface area contributed by atoms with Crippen LogP contribution < -0.4 is 11.1 Å². The summed E-state index contributed by atoms with van der Waals surface area (Å²) >= 11 is 0. The SMILES string of the molecule is CN(C)CCn1ncc2cc(Nc3nccc(-c4cn(C)c5ccccc45)n3)cc(N)c21. The molecule has 0 amide bonds. The lowest BCUT2D eigenvalue weighted by Gasteiger charge is -2.12. The van der Waals surface area contributed by atoms with Crippen LogP contribution >= 0.6 is 0 Å². The molecule has 5 rings (SSSR count). The third kappa shape index (κ3) is 3.65. The van der Waals surface area contributed by atoms with Crippen LogP contribution in [0.15, 0.2) is 61.1 Å². The minimum absolute atomic E-state index is 0.522. The lowest BCUT2D eigenvalue weighted by Crippen LogP contribution is -2.19. The molecule has 3 heterocycles. The minimum Gasteiger partial charge on any atom is -0.397 e. The van der Waals surface area contributed by atoms with Gasteiger partial charge in [0.05, 0.1) is 29.6 Å². The van der Waals surface area contributed by atoms with E-state index < -0.39 is 0 Å². The Labute approximate surface area is 186 Å². The number of likely N-dealkylation sites (N-methyl/N-ethyl adjacent to an activating group) is 1. The normalized spacial score (nSPS) is 11.6. The first-order valence-electron chi connectivity index (χ1n) is 10.5. The number of aryl methyl sites for hydroxylation is 1. The summed E-state index contributed by atoms with van der Waals surface area (Å²) in [5.74, 6) is 0.522. The van der Waals surface area contributed by atoms with E-state index in [1.807, 2.05) is 62.4 Å². The van der Waals surface area contributed by atoms with E-state index >= 15 is 0 Å². The molecule has 32 heavy (non-hydrogen) atoms. The average molecular weight is 427 g/mol. The van der Waals surface area contributed by atoms with Gasteiger partial charge in [-0.25, -0.2) is 9.97 Å². The molecule has 0 saturated carbocycles. The summed E-state index contributed by atoms with van der Waals surface area (Å²) in [6.45, 7) is 1.68. The molecule has 3 N–H and O–H groups in total. The number of aromatic nitrogens is 5. The second-order valence-electron chi connectivity index (χ2n) is 8.24. The predicted octanol–water partition coefficient (Wildman–Crippen LogP) is 3.87. The number of hydrogen-bond acceptors (Lipinski definition) is 6. The maximum atomic E-state index is 6.39. The molecular weight excluding hydrogens is 400 g/mol. The Morgan fingerprint density at radius 1 is 1.12 bits per heavy atom. The van der Waals surface area contributed by atoms with Crippen LogP contribution in [0.3, 0.4) is 0 Å². The number of fused-ring (bicyclic) bond motifs is 2. The standard InChI is InChI=1S/C24H26N8/c1-30(2)10-11-32-23-16(14-27-32)12-17(13-20(23)25)28-24-26-9-8-21(29-24)19-15-31(3)22-7-5-4-6-18(19)22/h4-9,12-15H,10-11,25H2,1-3H3,(H,26,28,29). The van der Waals surface area contributed by atoms with E-state index in [4.69, 9.17) is 10.7 Å². The van der Waals surface area contributed by atoms with Gasteiger partial charge in [-0.1, -0.05) is 18.2 Å². The highest BCUT2D eigenvalue weighted by Gasteiger charge is 2.12. The predicted molar refractivity (Wildman–Crippen MR) is 130 cm³/mol. The number of nitrogen functional groups attached to an aromatic ring is 1. The molecule has 0 atom stereocenters. The van der Waals surface area contributed by atoms with Crippen LogP contribution in [0.25, 0.3) is 33.1 Å². The maximum absolute atomic E-state index is 6.39. The molecule has 0 spiro atoms. The fourth-order valence-corrected chi connectivity index (χ4v) is 4.05. The van der Waals surface area contributed by atoms with E-state index in [0.29, 0.717) is 11.6 Å². The lowest BCUT2D eigenvalue weighted by molar-refractivity contribution is 0.377. The van der Waals surface area contributed by atoms with Gasteiger partial charge < -0.3 is 20.5 Å².